The van der Waals surface area contributed by atoms with E-state index in [-0.39, 0.29) is 5.91 Å². The van der Waals surface area contributed by atoms with Crippen LogP contribution in [-0.4, -0.2) is 37.0 Å². The van der Waals surface area contributed by atoms with Crippen LogP contribution >= 0.6 is 0 Å². The van der Waals surface area contributed by atoms with E-state index in [0.717, 1.165) is 25.1 Å². The molecule has 2 rings (SSSR count). The molecule has 3 heteroatoms. The van der Waals surface area contributed by atoms with E-state index >= 15 is 0 Å². The first-order valence-corrected chi connectivity index (χ1v) is 6.81. The Balaban J connectivity index is 1.87. The van der Waals surface area contributed by atoms with Gasteiger partial charge in [-0.3, -0.25) is 4.79 Å². The Kier molecular flexibility index (Phi) is 5.00. The van der Waals surface area contributed by atoms with Crippen LogP contribution in [0, 0.1) is 11.8 Å². The van der Waals surface area contributed by atoms with Crippen molar-refractivity contribution >= 4 is 5.91 Å². The third kappa shape index (κ3) is 4.42. The van der Waals surface area contributed by atoms with E-state index in [2.05, 4.69) is 17.2 Å². The van der Waals surface area contributed by atoms with Gasteiger partial charge in [-0.2, -0.15) is 0 Å². The first-order chi connectivity index (χ1) is 9.25. The van der Waals surface area contributed by atoms with E-state index < -0.39 is 0 Å². The Morgan fingerprint density at radius 3 is 2.84 bits per heavy atom. The standard InChI is InChI=1S/C16H20N2O/c1-18(13-15-9-5-6-12-17-15)16(19)11-10-14-7-3-2-4-8-14/h2-4,7-8,15,17H,5-6,9,12-13H2,1H3. The second kappa shape index (κ2) is 6.96. The summed E-state index contributed by atoms with van der Waals surface area (Å²) in [4.78, 5) is 13.6. The predicted molar refractivity (Wildman–Crippen MR) is 76.6 cm³/mol. The highest BCUT2D eigenvalue weighted by Gasteiger charge is 2.16. The highest BCUT2D eigenvalue weighted by atomic mass is 16.2. The van der Waals surface area contributed by atoms with E-state index in [0.29, 0.717) is 6.04 Å². The summed E-state index contributed by atoms with van der Waals surface area (Å²) in [7, 11) is 1.82. The van der Waals surface area contributed by atoms with E-state index in [1.807, 2.05) is 37.4 Å². The molecule has 1 aromatic rings. The van der Waals surface area contributed by atoms with Gasteiger partial charge in [0.1, 0.15) is 0 Å². The number of nitrogens with one attached hydrogen (secondary N) is 1. The fourth-order valence-electron chi connectivity index (χ4n) is 2.24. The molecule has 1 fully saturated rings. The topological polar surface area (TPSA) is 32.3 Å². The monoisotopic (exact) mass is 256 g/mol. The molecule has 1 aromatic carbocycles. The van der Waals surface area contributed by atoms with Crippen LogP contribution in [0.4, 0.5) is 0 Å². The number of rotatable bonds is 2. The summed E-state index contributed by atoms with van der Waals surface area (Å²) >= 11 is 0. The smallest absolute Gasteiger partial charge is 0.298 e. The highest BCUT2D eigenvalue weighted by molar-refractivity contribution is 5.93. The normalized spacial score (nSPS) is 18.3. The van der Waals surface area contributed by atoms with Crippen molar-refractivity contribution in [1.82, 2.24) is 10.2 Å². The van der Waals surface area contributed by atoms with Gasteiger partial charge in [0.2, 0.25) is 0 Å². The molecular weight excluding hydrogens is 236 g/mol. The van der Waals surface area contributed by atoms with E-state index in [1.54, 1.807) is 4.90 Å². The fraction of sp³-hybridized carbons (Fsp3) is 0.438. The van der Waals surface area contributed by atoms with Crippen LogP contribution in [0.5, 0.6) is 0 Å². The molecule has 0 aliphatic carbocycles. The zero-order chi connectivity index (χ0) is 13.5. The summed E-state index contributed by atoms with van der Waals surface area (Å²) in [6.45, 7) is 1.80. The van der Waals surface area contributed by atoms with Crippen molar-refractivity contribution < 1.29 is 4.79 Å². The number of amides is 1. The van der Waals surface area contributed by atoms with Crippen LogP contribution < -0.4 is 5.32 Å². The van der Waals surface area contributed by atoms with Crippen molar-refractivity contribution in [3.05, 3.63) is 35.9 Å². The quantitative estimate of drug-likeness (QED) is 0.816. The summed E-state index contributed by atoms with van der Waals surface area (Å²) in [6, 6.07) is 10.0. The molecule has 0 bridgehead atoms. The Morgan fingerprint density at radius 2 is 2.16 bits per heavy atom. The van der Waals surface area contributed by atoms with Gasteiger partial charge < -0.3 is 10.2 Å². The van der Waals surface area contributed by atoms with Gasteiger partial charge in [-0.25, -0.2) is 0 Å². The molecule has 1 unspecified atom stereocenters. The summed E-state index contributed by atoms with van der Waals surface area (Å²) < 4.78 is 0. The molecule has 1 aliphatic rings. The lowest BCUT2D eigenvalue weighted by Gasteiger charge is -2.27. The number of likely N-dealkylation sites (N-methyl/N-ethyl adjacent to an activating group) is 1. The fourth-order valence-corrected chi connectivity index (χ4v) is 2.24. The maximum absolute atomic E-state index is 11.9. The Morgan fingerprint density at radius 1 is 1.37 bits per heavy atom. The predicted octanol–water partition coefficient (Wildman–Crippen LogP) is 1.64. The molecule has 0 saturated carbocycles. The Hall–Kier alpha value is -1.79. The molecule has 0 radical (unpaired) electrons. The highest BCUT2D eigenvalue weighted by Crippen LogP contribution is 2.07. The minimum absolute atomic E-state index is 0.115. The minimum atomic E-state index is -0.115. The first kappa shape index (κ1) is 13.6. The number of hydrogen-bond acceptors (Lipinski definition) is 2. The number of carbonyl (C=O) groups excluding carboxylic acids is 1. The Bertz CT molecular complexity index is 467. The van der Waals surface area contributed by atoms with Gasteiger partial charge in [-0.1, -0.05) is 30.5 Å². The van der Waals surface area contributed by atoms with Gasteiger partial charge in [-0.15, -0.1) is 0 Å². The van der Waals surface area contributed by atoms with Crippen LogP contribution in [-0.2, 0) is 4.79 Å². The molecule has 1 heterocycles. The van der Waals surface area contributed by atoms with Gasteiger partial charge in [-0.05, 0) is 31.5 Å². The number of benzene rings is 1. The van der Waals surface area contributed by atoms with Crippen molar-refractivity contribution in [3.63, 3.8) is 0 Å². The van der Waals surface area contributed by atoms with Crippen molar-refractivity contribution in [2.24, 2.45) is 0 Å². The third-order valence-corrected chi connectivity index (χ3v) is 3.34. The summed E-state index contributed by atoms with van der Waals surface area (Å²) in [5.41, 5.74) is 0.875. The zero-order valence-corrected chi connectivity index (χ0v) is 11.4. The average molecular weight is 256 g/mol. The summed E-state index contributed by atoms with van der Waals surface area (Å²) in [5, 5.41) is 3.44. The van der Waals surface area contributed by atoms with E-state index in [9.17, 15) is 4.79 Å². The number of carbonyl (C=O) groups is 1. The summed E-state index contributed by atoms with van der Waals surface area (Å²) in [6.07, 6.45) is 3.63. The molecule has 1 N–H and O–H groups in total. The van der Waals surface area contributed by atoms with Crippen LogP contribution in [0.25, 0.3) is 0 Å². The molecule has 1 atom stereocenters. The lowest BCUT2D eigenvalue weighted by Crippen LogP contribution is -2.43. The van der Waals surface area contributed by atoms with E-state index in [1.165, 1.54) is 12.8 Å². The second-order valence-corrected chi connectivity index (χ2v) is 4.95. The molecule has 100 valence electrons. The van der Waals surface area contributed by atoms with Crippen LogP contribution in [0.1, 0.15) is 24.8 Å². The van der Waals surface area contributed by atoms with Crippen molar-refractivity contribution in [1.29, 1.82) is 0 Å². The maximum Gasteiger partial charge on any atom is 0.298 e. The number of piperidine rings is 1. The van der Waals surface area contributed by atoms with Crippen molar-refractivity contribution in [3.8, 4) is 11.8 Å². The van der Waals surface area contributed by atoms with Gasteiger partial charge in [0.15, 0.2) is 0 Å². The average Bonchev–Trinajstić information content (AvgIpc) is 2.47. The van der Waals surface area contributed by atoms with Crippen LogP contribution in [0.15, 0.2) is 30.3 Å². The van der Waals surface area contributed by atoms with Gasteiger partial charge >= 0.3 is 0 Å². The third-order valence-electron chi connectivity index (χ3n) is 3.34. The van der Waals surface area contributed by atoms with Crippen molar-refractivity contribution in [2.75, 3.05) is 20.1 Å². The first-order valence-electron chi connectivity index (χ1n) is 6.81. The summed E-state index contributed by atoms with van der Waals surface area (Å²) in [5.74, 6) is 5.48. The lowest BCUT2D eigenvalue weighted by atomic mass is 10.0. The number of nitrogens with zero attached hydrogens (tertiary/aromatic N) is 1. The molecule has 1 amide bonds. The lowest BCUT2D eigenvalue weighted by molar-refractivity contribution is -0.124. The van der Waals surface area contributed by atoms with Gasteiger partial charge in [0.25, 0.3) is 5.91 Å². The second-order valence-electron chi connectivity index (χ2n) is 4.95. The molecule has 0 aromatic heterocycles. The zero-order valence-electron chi connectivity index (χ0n) is 11.4. The molecular formula is C16H20N2O. The SMILES string of the molecule is CN(CC1CCCCN1)C(=O)C#Cc1ccccc1. The Labute approximate surface area is 115 Å². The van der Waals surface area contributed by atoms with Crippen LogP contribution in [0.2, 0.25) is 0 Å². The van der Waals surface area contributed by atoms with Gasteiger partial charge in [0, 0.05) is 31.1 Å². The molecule has 1 saturated heterocycles. The molecule has 3 nitrogen and oxygen atoms in total. The van der Waals surface area contributed by atoms with Crippen molar-refractivity contribution in [2.45, 2.75) is 25.3 Å². The molecule has 0 spiro atoms. The largest absolute Gasteiger partial charge is 0.333 e. The maximum atomic E-state index is 11.9. The van der Waals surface area contributed by atoms with Gasteiger partial charge in [0.05, 0.1) is 0 Å². The molecule has 1 aliphatic heterocycles. The molecule has 19 heavy (non-hydrogen) atoms. The van der Waals surface area contributed by atoms with Crippen LogP contribution in [0.3, 0.4) is 0 Å². The van der Waals surface area contributed by atoms with E-state index in [4.69, 9.17) is 0 Å². The number of hydrogen-bond donors (Lipinski definition) is 1. The minimum Gasteiger partial charge on any atom is -0.333 e.